The number of benzene rings is 1. The molecular formula is C17H21ClFN5O. The topological polar surface area (TPSA) is 65.1 Å². The van der Waals surface area contributed by atoms with Gasteiger partial charge in [0.25, 0.3) is 0 Å². The molecule has 0 aliphatic carbocycles. The van der Waals surface area contributed by atoms with Gasteiger partial charge < -0.3 is 4.90 Å². The zero-order valence-corrected chi connectivity index (χ0v) is 14.7. The van der Waals surface area contributed by atoms with Gasteiger partial charge >= 0.3 is 0 Å². The molecule has 0 saturated carbocycles. The molecule has 0 radical (unpaired) electrons. The smallest absolute Gasteiger partial charge is 0.242 e. The van der Waals surface area contributed by atoms with Crippen LogP contribution in [0.4, 0.5) is 4.39 Å². The lowest BCUT2D eigenvalue weighted by Gasteiger charge is -2.22. The van der Waals surface area contributed by atoms with Gasteiger partial charge in [-0.2, -0.15) is 0 Å². The number of aromatic nitrogens is 3. The first-order valence-corrected chi connectivity index (χ1v) is 8.79. The van der Waals surface area contributed by atoms with Crippen molar-refractivity contribution in [2.24, 2.45) is 0 Å². The van der Waals surface area contributed by atoms with Crippen LogP contribution in [0.3, 0.4) is 0 Å². The van der Waals surface area contributed by atoms with E-state index in [9.17, 15) is 9.18 Å². The van der Waals surface area contributed by atoms with Crippen LogP contribution in [0, 0.1) is 5.82 Å². The van der Waals surface area contributed by atoms with Crippen LogP contribution >= 0.6 is 11.6 Å². The number of amides is 1. The monoisotopic (exact) mass is 365 g/mol. The summed E-state index contributed by atoms with van der Waals surface area (Å²) in [4.78, 5) is 20.6. The van der Waals surface area contributed by atoms with E-state index in [4.69, 9.17) is 11.6 Å². The minimum Gasteiger partial charge on any atom is -0.341 e. The van der Waals surface area contributed by atoms with Gasteiger partial charge in [0.2, 0.25) is 11.2 Å². The third-order valence-corrected chi connectivity index (χ3v) is 4.51. The van der Waals surface area contributed by atoms with Gasteiger partial charge in [-0.15, -0.1) is 5.10 Å². The van der Waals surface area contributed by atoms with E-state index in [-0.39, 0.29) is 17.0 Å². The van der Waals surface area contributed by atoms with Crippen molar-refractivity contribution in [2.75, 3.05) is 26.2 Å². The van der Waals surface area contributed by atoms with E-state index in [0.717, 1.165) is 38.2 Å². The standard InChI is InChI=1S/C17H21ClFN5O/c18-17-20-15(21-22-17)6-7-16(25)24-9-1-8-23(10-11-24)12-13-2-4-14(19)5-3-13/h2-5H,1,6-12H2,(H,20,21,22). The number of aromatic amines is 1. The molecule has 2 aromatic rings. The maximum Gasteiger partial charge on any atom is 0.242 e. The Morgan fingerprint density at radius 3 is 2.72 bits per heavy atom. The average Bonchev–Trinajstić information content (AvgIpc) is 2.88. The Bertz CT molecular complexity index is 705. The van der Waals surface area contributed by atoms with Gasteiger partial charge in [0.05, 0.1) is 0 Å². The Balaban J connectivity index is 1.47. The molecule has 25 heavy (non-hydrogen) atoms. The fraction of sp³-hybridized carbons (Fsp3) is 0.471. The van der Waals surface area contributed by atoms with Crippen molar-refractivity contribution in [2.45, 2.75) is 25.8 Å². The van der Waals surface area contributed by atoms with E-state index in [0.29, 0.717) is 25.2 Å². The van der Waals surface area contributed by atoms with Gasteiger partial charge in [-0.25, -0.2) is 9.37 Å². The second kappa shape index (κ2) is 8.40. The molecule has 1 aliphatic heterocycles. The quantitative estimate of drug-likeness (QED) is 0.882. The van der Waals surface area contributed by atoms with Crippen LogP contribution in [-0.4, -0.2) is 57.1 Å². The highest BCUT2D eigenvalue weighted by atomic mass is 35.5. The molecule has 1 saturated heterocycles. The molecule has 134 valence electrons. The zero-order chi connectivity index (χ0) is 17.6. The number of aryl methyl sites for hydroxylation is 1. The van der Waals surface area contributed by atoms with Crippen molar-refractivity contribution in [1.29, 1.82) is 0 Å². The largest absolute Gasteiger partial charge is 0.341 e. The minimum atomic E-state index is -0.218. The number of hydrogen-bond donors (Lipinski definition) is 1. The number of halogens is 2. The predicted molar refractivity (Wildman–Crippen MR) is 92.6 cm³/mol. The summed E-state index contributed by atoms with van der Waals surface area (Å²) in [7, 11) is 0. The first kappa shape index (κ1) is 17.8. The summed E-state index contributed by atoms with van der Waals surface area (Å²) in [6.45, 7) is 3.99. The summed E-state index contributed by atoms with van der Waals surface area (Å²) in [6, 6.07) is 6.59. The lowest BCUT2D eigenvalue weighted by Crippen LogP contribution is -2.35. The molecule has 1 aromatic heterocycles. The highest BCUT2D eigenvalue weighted by Gasteiger charge is 2.19. The van der Waals surface area contributed by atoms with E-state index in [1.807, 2.05) is 17.0 Å². The average molecular weight is 366 g/mol. The predicted octanol–water partition coefficient (Wildman–Crippen LogP) is 2.26. The van der Waals surface area contributed by atoms with Crippen LogP contribution in [-0.2, 0) is 17.8 Å². The van der Waals surface area contributed by atoms with Crippen molar-refractivity contribution >= 4 is 17.5 Å². The molecule has 1 N–H and O–H groups in total. The summed E-state index contributed by atoms with van der Waals surface area (Å²) in [6.07, 6.45) is 1.83. The van der Waals surface area contributed by atoms with Gasteiger partial charge in [0.15, 0.2) is 0 Å². The van der Waals surface area contributed by atoms with E-state index < -0.39 is 0 Å². The zero-order valence-electron chi connectivity index (χ0n) is 13.9. The minimum absolute atomic E-state index is 0.121. The Kier molecular flexibility index (Phi) is 5.99. The molecule has 0 unspecified atom stereocenters. The molecule has 0 spiro atoms. The summed E-state index contributed by atoms with van der Waals surface area (Å²) in [5, 5.41) is 6.64. The molecule has 1 amide bonds. The van der Waals surface area contributed by atoms with Gasteiger partial charge in [-0.1, -0.05) is 12.1 Å². The van der Waals surface area contributed by atoms with E-state index in [1.54, 1.807) is 0 Å². The number of H-pyrrole nitrogens is 1. The van der Waals surface area contributed by atoms with Crippen molar-refractivity contribution in [1.82, 2.24) is 25.0 Å². The second-order valence-corrected chi connectivity index (χ2v) is 6.53. The van der Waals surface area contributed by atoms with Gasteiger partial charge in [-0.3, -0.25) is 14.8 Å². The molecule has 8 heteroatoms. The van der Waals surface area contributed by atoms with Crippen LogP contribution in [0.2, 0.25) is 5.28 Å². The second-order valence-electron chi connectivity index (χ2n) is 6.19. The fourth-order valence-electron chi connectivity index (χ4n) is 2.99. The van der Waals surface area contributed by atoms with E-state index in [1.165, 1.54) is 12.1 Å². The van der Waals surface area contributed by atoms with Crippen molar-refractivity contribution in [3.8, 4) is 0 Å². The molecule has 2 heterocycles. The summed E-state index contributed by atoms with van der Waals surface area (Å²) >= 11 is 5.66. The van der Waals surface area contributed by atoms with Gasteiger partial charge in [0.1, 0.15) is 11.6 Å². The van der Waals surface area contributed by atoms with Crippen LogP contribution < -0.4 is 0 Å². The first-order chi connectivity index (χ1) is 12.1. The summed E-state index contributed by atoms with van der Waals surface area (Å²) in [5.41, 5.74) is 1.09. The number of nitrogens with zero attached hydrogens (tertiary/aromatic N) is 4. The SMILES string of the molecule is O=C(CCc1nc(Cl)n[nH]1)N1CCCN(Cc2ccc(F)cc2)CC1. The van der Waals surface area contributed by atoms with Crippen molar-refractivity contribution in [3.05, 3.63) is 46.8 Å². The molecular weight excluding hydrogens is 345 g/mol. The maximum absolute atomic E-state index is 13.0. The third kappa shape index (κ3) is 5.24. The van der Waals surface area contributed by atoms with E-state index >= 15 is 0 Å². The molecule has 1 aromatic carbocycles. The van der Waals surface area contributed by atoms with Crippen molar-refractivity contribution in [3.63, 3.8) is 0 Å². The number of nitrogens with one attached hydrogen (secondary N) is 1. The normalized spacial score (nSPS) is 16.0. The number of carbonyl (C=O) groups excluding carboxylic acids is 1. The van der Waals surface area contributed by atoms with Gasteiger partial charge in [-0.05, 0) is 35.7 Å². The number of hydrogen-bond acceptors (Lipinski definition) is 4. The Hall–Kier alpha value is -1.99. The van der Waals surface area contributed by atoms with Crippen LogP contribution in [0.15, 0.2) is 24.3 Å². The Labute approximate surface area is 151 Å². The van der Waals surface area contributed by atoms with Crippen LogP contribution in [0.1, 0.15) is 24.2 Å². The first-order valence-electron chi connectivity index (χ1n) is 8.41. The van der Waals surface area contributed by atoms with Gasteiger partial charge in [0, 0.05) is 45.6 Å². The van der Waals surface area contributed by atoms with Crippen molar-refractivity contribution < 1.29 is 9.18 Å². The number of carbonyl (C=O) groups is 1. The highest BCUT2D eigenvalue weighted by Crippen LogP contribution is 2.11. The molecule has 0 atom stereocenters. The lowest BCUT2D eigenvalue weighted by atomic mass is 10.2. The van der Waals surface area contributed by atoms with E-state index in [2.05, 4.69) is 20.1 Å². The maximum atomic E-state index is 13.0. The fourth-order valence-corrected chi connectivity index (χ4v) is 3.14. The summed E-state index contributed by atoms with van der Waals surface area (Å²) in [5.74, 6) is 0.534. The van der Waals surface area contributed by atoms with Crippen LogP contribution in [0.5, 0.6) is 0 Å². The highest BCUT2D eigenvalue weighted by molar-refractivity contribution is 6.28. The molecule has 1 aliphatic rings. The number of rotatable bonds is 5. The third-order valence-electron chi connectivity index (χ3n) is 4.34. The molecule has 0 bridgehead atoms. The molecule has 3 rings (SSSR count). The molecule has 1 fully saturated rings. The van der Waals surface area contributed by atoms with Crippen LogP contribution in [0.25, 0.3) is 0 Å². The Morgan fingerprint density at radius 1 is 1.20 bits per heavy atom. The summed E-state index contributed by atoms with van der Waals surface area (Å²) < 4.78 is 13.0. The lowest BCUT2D eigenvalue weighted by molar-refractivity contribution is -0.131. The Morgan fingerprint density at radius 2 is 2.00 bits per heavy atom. The molecule has 6 nitrogen and oxygen atoms in total.